The van der Waals surface area contributed by atoms with Crippen molar-refractivity contribution in [2.75, 3.05) is 0 Å². The van der Waals surface area contributed by atoms with Crippen LogP contribution >= 0.6 is 11.3 Å². The van der Waals surface area contributed by atoms with Gasteiger partial charge < -0.3 is 4.57 Å². The fraction of sp³-hybridized carbons (Fsp3) is 0.0317. The molecule has 0 N–H and O–H groups in total. The van der Waals surface area contributed by atoms with Crippen LogP contribution in [-0.4, -0.2) is 19.5 Å². The Morgan fingerprint density at radius 3 is 1.99 bits per heavy atom. The maximum Gasteiger partial charge on any atom is 0.164 e. The SMILES string of the molecule is C=C/C=C\C(=C)/C(C)=C/C(=C\Cc1ccccc1)c1nc(-c2ccccc2)nc(-c2cc(/C(C=C)=C/C=C)c(-n3c4ccccc4c4c5c(ccc43)sc3ccccc35)c(-c3ccccc3)c2)n1. The summed E-state index contributed by atoms with van der Waals surface area (Å²) in [5, 5.41) is 4.95. The van der Waals surface area contributed by atoms with Crippen molar-refractivity contribution in [3.05, 3.63) is 267 Å². The predicted molar refractivity (Wildman–Crippen MR) is 292 cm³/mol. The van der Waals surface area contributed by atoms with E-state index in [1.165, 1.54) is 36.5 Å². The maximum absolute atomic E-state index is 5.40. The predicted octanol–water partition coefficient (Wildman–Crippen LogP) is 17.0. The Hall–Kier alpha value is -8.51. The van der Waals surface area contributed by atoms with Gasteiger partial charge in [0.05, 0.1) is 16.7 Å². The van der Waals surface area contributed by atoms with Crippen molar-refractivity contribution in [2.45, 2.75) is 13.3 Å². The summed E-state index contributed by atoms with van der Waals surface area (Å²) in [6.07, 6.45) is 16.4. The smallest absolute Gasteiger partial charge is 0.164 e. The molecule has 3 heterocycles. The number of hydrogen-bond donors (Lipinski definition) is 0. The first-order valence-corrected chi connectivity index (χ1v) is 23.5. The van der Waals surface area contributed by atoms with Crippen LogP contribution in [0.5, 0.6) is 0 Å². The second kappa shape index (κ2) is 19.1. The van der Waals surface area contributed by atoms with E-state index in [4.69, 9.17) is 15.0 Å². The normalized spacial score (nSPS) is 12.4. The van der Waals surface area contributed by atoms with Crippen LogP contribution < -0.4 is 0 Å². The van der Waals surface area contributed by atoms with Gasteiger partial charge in [0.1, 0.15) is 0 Å². The molecule has 326 valence electrons. The number of aromatic nitrogens is 4. The molecule has 0 unspecified atom stereocenters. The summed E-state index contributed by atoms with van der Waals surface area (Å²) < 4.78 is 4.98. The second-order valence-corrected chi connectivity index (χ2v) is 17.7. The topological polar surface area (TPSA) is 43.6 Å². The summed E-state index contributed by atoms with van der Waals surface area (Å²) in [5.74, 6) is 1.66. The lowest BCUT2D eigenvalue weighted by Gasteiger charge is -2.21. The van der Waals surface area contributed by atoms with Crippen LogP contribution in [-0.2, 0) is 6.42 Å². The number of hydrogen-bond acceptors (Lipinski definition) is 4. The Morgan fingerprint density at radius 2 is 1.26 bits per heavy atom. The lowest BCUT2D eigenvalue weighted by molar-refractivity contribution is 1.03. The highest BCUT2D eigenvalue weighted by atomic mass is 32.1. The zero-order valence-corrected chi connectivity index (χ0v) is 38.8. The van der Waals surface area contributed by atoms with Crippen LogP contribution in [0.25, 0.3) is 92.7 Å². The average molecular weight is 893 g/mol. The molecule has 0 saturated carbocycles. The quantitative estimate of drug-likeness (QED) is 0.102. The molecule has 0 fully saturated rings. The second-order valence-electron chi connectivity index (χ2n) is 16.6. The Balaban J connectivity index is 1.29. The monoisotopic (exact) mass is 892 g/mol. The van der Waals surface area contributed by atoms with Gasteiger partial charge in [0.25, 0.3) is 0 Å². The van der Waals surface area contributed by atoms with Gasteiger partial charge in [-0.1, -0.05) is 196 Å². The molecule has 68 heavy (non-hydrogen) atoms. The van der Waals surface area contributed by atoms with Crippen molar-refractivity contribution < 1.29 is 0 Å². The molecular weight excluding hydrogens is 845 g/mol. The van der Waals surface area contributed by atoms with E-state index < -0.39 is 0 Å². The summed E-state index contributed by atoms with van der Waals surface area (Å²) >= 11 is 1.84. The molecule has 0 aliphatic carbocycles. The third-order valence-electron chi connectivity index (χ3n) is 12.3. The minimum atomic E-state index is 0.538. The van der Waals surface area contributed by atoms with Crippen molar-refractivity contribution in [3.63, 3.8) is 0 Å². The molecule has 4 nitrogen and oxygen atoms in total. The van der Waals surface area contributed by atoms with Gasteiger partial charge in [0.15, 0.2) is 17.5 Å². The Bertz CT molecular complexity index is 3710. The minimum absolute atomic E-state index is 0.538. The van der Waals surface area contributed by atoms with Gasteiger partial charge >= 0.3 is 0 Å². The first kappa shape index (κ1) is 43.4. The highest BCUT2D eigenvalue weighted by Gasteiger charge is 2.25. The van der Waals surface area contributed by atoms with Crippen molar-refractivity contribution in [2.24, 2.45) is 0 Å². The fourth-order valence-electron chi connectivity index (χ4n) is 9.02. The molecule has 0 radical (unpaired) electrons. The highest BCUT2D eigenvalue weighted by molar-refractivity contribution is 7.26. The van der Waals surface area contributed by atoms with Crippen molar-refractivity contribution in [1.29, 1.82) is 0 Å². The van der Waals surface area contributed by atoms with Crippen LogP contribution in [0.3, 0.4) is 0 Å². The van der Waals surface area contributed by atoms with Gasteiger partial charge in [-0.2, -0.15) is 0 Å². The number of nitrogens with zero attached hydrogens (tertiary/aromatic N) is 4. The number of rotatable bonds is 14. The molecule has 0 spiro atoms. The first-order chi connectivity index (χ1) is 33.4. The highest BCUT2D eigenvalue weighted by Crippen LogP contribution is 2.46. The Labute approximate surface area is 401 Å². The van der Waals surface area contributed by atoms with Crippen molar-refractivity contribution in [3.8, 4) is 39.6 Å². The van der Waals surface area contributed by atoms with E-state index >= 15 is 0 Å². The standard InChI is InChI=1S/C63H48N4S/c1-6-9-24-42(4)43(5)39-48(36-35-44-25-13-10-14-26-44)62-64-61(47-29-17-12-18-30-47)65-63(66-62)49-40-52(45(8-3)23-7-2)60(53(41-49)46-27-15-11-16-28-46)67-54-33-21-19-31-50(54)58-55(67)37-38-57-59(58)51-32-20-22-34-56(51)68-57/h6-34,36-41H,1-4,35H2,5H3/b24-9-,43-39+,45-23+,48-36+. The van der Waals surface area contributed by atoms with E-state index in [-0.39, 0.29) is 0 Å². The van der Waals surface area contributed by atoms with Crippen LogP contribution in [0.4, 0.5) is 0 Å². The fourth-order valence-corrected chi connectivity index (χ4v) is 10.1. The molecule has 0 atom stereocenters. The Kier molecular flexibility index (Phi) is 12.2. The van der Waals surface area contributed by atoms with Gasteiger partial charge in [0.2, 0.25) is 0 Å². The molecule has 10 aromatic rings. The van der Waals surface area contributed by atoms with E-state index in [1.807, 2.05) is 78.1 Å². The maximum atomic E-state index is 5.40. The number of benzene rings is 7. The molecule has 5 heteroatoms. The van der Waals surface area contributed by atoms with Crippen molar-refractivity contribution >= 4 is 64.5 Å². The molecule has 7 aromatic carbocycles. The van der Waals surface area contributed by atoms with E-state index in [9.17, 15) is 0 Å². The summed E-state index contributed by atoms with van der Waals surface area (Å²) in [5.41, 5.74) is 12.8. The van der Waals surface area contributed by atoms with Gasteiger partial charge in [0, 0.05) is 58.8 Å². The van der Waals surface area contributed by atoms with Gasteiger partial charge in [-0.05, 0) is 83.7 Å². The number of para-hydroxylation sites is 1. The largest absolute Gasteiger partial charge is 0.308 e. The molecule has 0 amide bonds. The van der Waals surface area contributed by atoms with Crippen LogP contribution in [0, 0.1) is 0 Å². The number of fused-ring (bicyclic) bond motifs is 7. The minimum Gasteiger partial charge on any atom is -0.308 e. The molecule has 0 saturated heterocycles. The third-order valence-corrected chi connectivity index (χ3v) is 13.5. The third kappa shape index (κ3) is 8.32. The van der Waals surface area contributed by atoms with Crippen LogP contribution in [0.15, 0.2) is 250 Å². The van der Waals surface area contributed by atoms with Crippen LogP contribution in [0.2, 0.25) is 0 Å². The summed E-state index contributed by atoms with van der Waals surface area (Å²) in [4.78, 5) is 15.9. The van der Waals surface area contributed by atoms with Gasteiger partial charge in [-0.25, -0.2) is 15.0 Å². The number of allylic oxidation sites excluding steroid dienone is 12. The van der Waals surface area contributed by atoms with E-state index in [0.717, 1.165) is 66.8 Å². The molecule has 10 rings (SSSR count). The summed E-state index contributed by atoms with van der Waals surface area (Å²) in [7, 11) is 0. The number of thiophene rings is 1. The lowest BCUT2D eigenvalue weighted by Crippen LogP contribution is -2.06. The zero-order chi connectivity index (χ0) is 46.6. The van der Waals surface area contributed by atoms with E-state index in [2.05, 4.69) is 177 Å². The van der Waals surface area contributed by atoms with E-state index in [1.54, 1.807) is 6.08 Å². The molecule has 3 aromatic heterocycles. The summed E-state index contributed by atoms with van der Waals surface area (Å²) in [6.45, 7) is 18.8. The molecular formula is C63H48N4S. The van der Waals surface area contributed by atoms with Gasteiger partial charge in [-0.15, -0.1) is 11.3 Å². The average Bonchev–Trinajstić information content (AvgIpc) is 3.94. The molecule has 0 aliphatic heterocycles. The molecule has 0 bridgehead atoms. The first-order valence-electron chi connectivity index (χ1n) is 22.7. The van der Waals surface area contributed by atoms with Gasteiger partial charge in [-0.3, -0.25) is 0 Å². The lowest BCUT2D eigenvalue weighted by atomic mass is 9.92. The molecule has 0 aliphatic rings. The zero-order valence-electron chi connectivity index (χ0n) is 37.9. The van der Waals surface area contributed by atoms with Crippen molar-refractivity contribution in [1.82, 2.24) is 19.5 Å². The summed E-state index contributed by atoms with van der Waals surface area (Å²) in [6, 6.07) is 57.7. The Morgan fingerprint density at radius 1 is 0.603 bits per heavy atom. The van der Waals surface area contributed by atoms with Crippen LogP contribution in [0.1, 0.15) is 23.9 Å². The van der Waals surface area contributed by atoms with E-state index in [0.29, 0.717) is 23.9 Å².